The second kappa shape index (κ2) is 4.41. The molecule has 0 N–H and O–H groups in total. The minimum absolute atomic E-state index is 2.51. The van der Waals surface area contributed by atoms with Crippen molar-refractivity contribution in [2.24, 2.45) is 0 Å². The van der Waals surface area contributed by atoms with E-state index in [1.807, 2.05) is 0 Å². The Hall–Kier alpha value is -0.760. The molecule has 0 unspecified atom stereocenters. The fourth-order valence-electron chi connectivity index (χ4n) is 1.13. The van der Waals surface area contributed by atoms with Crippen molar-refractivity contribution in [3.63, 3.8) is 0 Å². The highest BCUT2D eigenvalue weighted by molar-refractivity contribution is 6.22. The number of hydrogen-bond acceptors (Lipinski definition) is 0. The van der Waals surface area contributed by atoms with Crippen LogP contribution < -0.4 is 0 Å². The molecule has 0 saturated carbocycles. The maximum Gasteiger partial charge on any atom is 0.354 e. The van der Waals surface area contributed by atoms with Crippen molar-refractivity contribution in [1.82, 2.24) is 0 Å². The average molecular weight is 319 g/mol. The van der Waals surface area contributed by atoms with E-state index in [4.69, 9.17) is 0 Å². The van der Waals surface area contributed by atoms with Crippen LogP contribution in [0, 0.1) is 23.3 Å². The smallest absolute Gasteiger partial charge is 0.203 e. The molecule has 0 bridgehead atoms. The molecule has 102 valence electrons. The highest BCUT2D eigenvalue weighted by Crippen LogP contribution is 2.43. The van der Waals surface area contributed by atoms with Crippen LogP contribution in [0.1, 0.15) is 11.1 Å². The molecule has 0 heterocycles. The number of rotatable bonds is 2. The molecule has 1 aromatic rings. The Morgan fingerprint density at radius 2 is 0.722 bits per heavy atom. The monoisotopic (exact) mass is 318 g/mol. The summed E-state index contributed by atoms with van der Waals surface area (Å²) >= 11 is 8.43. The summed E-state index contributed by atoms with van der Waals surface area (Å²) in [6.07, 6.45) is 0. The van der Waals surface area contributed by atoms with Gasteiger partial charge in [0.05, 0.1) is 0 Å². The predicted molar refractivity (Wildman–Crippen MR) is 45.8 cm³/mol. The number of alkyl halides is 6. The normalized spacial score (nSPS) is 13.0. The second-order valence-electron chi connectivity index (χ2n) is 3.00. The molecule has 0 aliphatic carbocycles. The summed E-state index contributed by atoms with van der Waals surface area (Å²) in [6, 6.07) is 0. The zero-order valence-corrected chi connectivity index (χ0v) is 9.29. The molecule has 0 atom stereocenters. The molecule has 10 heteroatoms. The van der Waals surface area contributed by atoms with Gasteiger partial charge in [-0.05, 0) is 23.2 Å². The lowest BCUT2D eigenvalue weighted by molar-refractivity contribution is 0.0723. The standard InChI is InChI=1S/C8Cl2F8/c9-7(15,16)1-3(11)5(13)2(8(10,17)18)6(14)4(1)12. The quantitative estimate of drug-likeness (QED) is 0.416. The van der Waals surface area contributed by atoms with Crippen LogP contribution in [0.4, 0.5) is 35.1 Å². The second-order valence-corrected chi connectivity index (χ2v) is 3.95. The summed E-state index contributed by atoms with van der Waals surface area (Å²) in [5.74, 6) is -11.0. The lowest BCUT2D eigenvalue weighted by Crippen LogP contribution is -2.20. The van der Waals surface area contributed by atoms with Crippen molar-refractivity contribution in [2.45, 2.75) is 10.8 Å². The lowest BCUT2D eigenvalue weighted by atomic mass is 10.1. The fourth-order valence-corrected chi connectivity index (χ4v) is 1.46. The third-order valence-corrected chi connectivity index (χ3v) is 2.21. The molecule has 1 rings (SSSR count). The van der Waals surface area contributed by atoms with Crippen LogP contribution in [0.3, 0.4) is 0 Å². The first-order valence-electron chi connectivity index (χ1n) is 3.89. The first kappa shape index (κ1) is 15.3. The van der Waals surface area contributed by atoms with Crippen LogP contribution in [-0.4, -0.2) is 0 Å². The Labute approximate surface area is 104 Å². The molecule has 0 radical (unpaired) electrons. The van der Waals surface area contributed by atoms with Crippen molar-refractivity contribution < 1.29 is 35.1 Å². The molecule has 0 amide bonds. The van der Waals surface area contributed by atoms with Gasteiger partial charge in [0, 0.05) is 0 Å². The highest BCUT2D eigenvalue weighted by atomic mass is 35.5. The first-order chi connectivity index (χ1) is 7.89. The molecule has 0 saturated heterocycles. The van der Waals surface area contributed by atoms with Gasteiger partial charge in [0.2, 0.25) is 0 Å². The van der Waals surface area contributed by atoms with Crippen molar-refractivity contribution in [2.75, 3.05) is 0 Å². The Kier molecular flexibility index (Phi) is 3.75. The largest absolute Gasteiger partial charge is 0.354 e. The van der Waals surface area contributed by atoms with E-state index < -0.39 is 45.2 Å². The third-order valence-electron chi connectivity index (χ3n) is 1.83. The van der Waals surface area contributed by atoms with Crippen LogP contribution >= 0.6 is 23.2 Å². The van der Waals surface area contributed by atoms with Crippen molar-refractivity contribution in [3.8, 4) is 0 Å². The minimum atomic E-state index is -4.82. The Morgan fingerprint density at radius 1 is 0.556 bits per heavy atom. The van der Waals surface area contributed by atoms with Gasteiger partial charge in [-0.1, -0.05) is 0 Å². The first-order valence-corrected chi connectivity index (χ1v) is 4.65. The van der Waals surface area contributed by atoms with E-state index in [0.717, 1.165) is 0 Å². The van der Waals surface area contributed by atoms with Gasteiger partial charge in [-0.2, -0.15) is 17.6 Å². The molecule has 1 aromatic carbocycles. The third kappa shape index (κ3) is 2.49. The van der Waals surface area contributed by atoms with Crippen molar-refractivity contribution >= 4 is 23.2 Å². The van der Waals surface area contributed by atoms with E-state index in [2.05, 4.69) is 23.2 Å². The Morgan fingerprint density at radius 3 is 0.833 bits per heavy atom. The summed E-state index contributed by atoms with van der Waals surface area (Å²) in [6.45, 7) is 0. The zero-order valence-electron chi connectivity index (χ0n) is 7.78. The zero-order chi connectivity index (χ0) is 14.5. The highest BCUT2D eigenvalue weighted by Gasteiger charge is 2.45. The van der Waals surface area contributed by atoms with Gasteiger partial charge < -0.3 is 0 Å². The Balaban J connectivity index is 3.79. The molecular formula is C8Cl2F8. The SMILES string of the molecule is Fc1c(F)c(C(F)(F)Cl)c(F)c(F)c1C(F)(F)Cl. The van der Waals surface area contributed by atoms with Crippen molar-refractivity contribution in [1.29, 1.82) is 0 Å². The van der Waals surface area contributed by atoms with Gasteiger partial charge in [-0.25, -0.2) is 17.6 Å². The van der Waals surface area contributed by atoms with E-state index >= 15 is 0 Å². The fraction of sp³-hybridized carbons (Fsp3) is 0.250. The molecule has 0 aliphatic heterocycles. The average Bonchev–Trinajstić information content (AvgIpc) is 2.10. The van der Waals surface area contributed by atoms with Gasteiger partial charge in [0.25, 0.3) is 0 Å². The minimum Gasteiger partial charge on any atom is -0.203 e. The van der Waals surface area contributed by atoms with Gasteiger partial charge in [-0.15, -0.1) is 0 Å². The van der Waals surface area contributed by atoms with E-state index in [1.54, 1.807) is 0 Å². The predicted octanol–water partition coefficient (Wildman–Crippen LogP) is 4.82. The van der Waals surface area contributed by atoms with Crippen LogP contribution in [0.15, 0.2) is 0 Å². The summed E-state index contributed by atoms with van der Waals surface area (Å²) < 4.78 is 102. The molecule has 0 aliphatic rings. The van der Waals surface area contributed by atoms with Gasteiger partial charge in [0.15, 0.2) is 23.3 Å². The molecule has 0 fully saturated rings. The van der Waals surface area contributed by atoms with Crippen LogP contribution in [0.25, 0.3) is 0 Å². The summed E-state index contributed by atoms with van der Waals surface area (Å²) in [5, 5.41) is -9.65. The van der Waals surface area contributed by atoms with E-state index in [-0.39, 0.29) is 0 Å². The summed E-state index contributed by atoms with van der Waals surface area (Å²) in [7, 11) is 0. The van der Waals surface area contributed by atoms with Crippen molar-refractivity contribution in [3.05, 3.63) is 34.4 Å². The number of halogens is 10. The molecular weight excluding hydrogens is 319 g/mol. The van der Waals surface area contributed by atoms with Gasteiger partial charge >= 0.3 is 10.8 Å². The summed E-state index contributed by atoms with van der Waals surface area (Å²) in [4.78, 5) is 0. The van der Waals surface area contributed by atoms with E-state index in [0.29, 0.717) is 0 Å². The molecule has 0 spiro atoms. The number of benzene rings is 1. The topological polar surface area (TPSA) is 0 Å². The van der Waals surface area contributed by atoms with Crippen LogP contribution in [0.2, 0.25) is 0 Å². The molecule has 0 nitrogen and oxygen atoms in total. The van der Waals surface area contributed by atoms with Crippen LogP contribution in [-0.2, 0) is 10.8 Å². The van der Waals surface area contributed by atoms with Gasteiger partial charge in [-0.3, -0.25) is 0 Å². The van der Waals surface area contributed by atoms with E-state index in [9.17, 15) is 35.1 Å². The molecule has 18 heavy (non-hydrogen) atoms. The van der Waals surface area contributed by atoms with Gasteiger partial charge in [0.1, 0.15) is 11.1 Å². The van der Waals surface area contributed by atoms with Crippen LogP contribution in [0.5, 0.6) is 0 Å². The lowest BCUT2D eigenvalue weighted by Gasteiger charge is -2.16. The summed E-state index contributed by atoms with van der Waals surface area (Å²) in [5.41, 5.74) is -5.02. The number of hydrogen-bond donors (Lipinski definition) is 0. The molecule has 0 aromatic heterocycles. The van der Waals surface area contributed by atoms with E-state index in [1.165, 1.54) is 0 Å². The Bertz CT molecular complexity index is 413. The maximum atomic E-state index is 13.0. The maximum absolute atomic E-state index is 13.0.